The third-order valence-electron chi connectivity index (χ3n) is 4.58. The monoisotopic (exact) mass is 351 g/mol. The Labute approximate surface area is 152 Å². The van der Waals surface area contributed by atoms with Crippen LogP contribution in [0.2, 0.25) is 0 Å². The Morgan fingerprint density at radius 1 is 1.04 bits per heavy atom. The lowest BCUT2D eigenvalue weighted by Crippen LogP contribution is -2.45. The summed E-state index contributed by atoms with van der Waals surface area (Å²) < 4.78 is 5.11. The van der Waals surface area contributed by atoms with Crippen LogP contribution >= 0.6 is 0 Å². The number of hydrogen-bond donors (Lipinski definition) is 0. The summed E-state index contributed by atoms with van der Waals surface area (Å²) >= 11 is 0. The molecule has 1 saturated heterocycles. The molecule has 0 unspecified atom stereocenters. The molecule has 0 aliphatic carbocycles. The molecule has 3 rings (SSSR count). The third kappa shape index (κ3) is 3.99. The standard InChI is InChI=1S/C21H21NO4/c1-15(23)19(13-17-10-6-3-7-11-17)20(24)22-18(14-26-21(22)25)12-16-8-4-2-5-9-16/h2-11,18-19H,12-14H2,1H3/t18-,19+/m0/s1. The zero-order chi connectivity index (χ0) is 18.5. The number of amides is 2. The summed E-state index contributed by atoms with van der Waals surface area (Å²) in [6, 6.07) is 18.6. The first-order valence-electron chi connectivity index (χ1n) is 8.64. The Morgan fingerprint density at radius 2 is 1.62 bits per heavy atom. The first-order valence-corrected chi connectivity index (χ1v) is 8.64. The summed E-state index contributed by atoms with van der Waals surface area (Å²) in [7, 11) is 0. The number of cyclic esters (lactones) is 1. The Morgan fingerprint density at radius 3 is 2.19 bits per heavy atom. The third-order valence-corrected chi connectivity index (χ3v) is 4.58. The van der Waals surface area contributed by atoms with Crippen LogP contribution in [0.5, 0.6) is 0 Å². The van der Waals surface area contributed by atoms with E-state index < -0.39 is 24.0 Å². The molecule has 2 amide bonds. The second-order valence-electron chi connectivity index (χ2n) is 6.48. The van der Waals surface area contributed by atoms with Crippen molar-refractivity contribution in [2.75, 3.05) is 6.61 Å². The second kappa shape index (κ2) is 7.95. The van der Waals surface area contributed by atoms with Crippen molar-refractivity contribution in [3.05, 3.63) is 71.8 Å². The van der Waals surface area contributed by atoms with Crippen LogP contribution in [0.4, 0.5) is 4.79 Å². The van der Waals surface area contributed by atoms with Gasteiger partial charge in [0.05, 0.1) is 6.04 Å². The second-order valence-corrected chi connectivity index (χ2v) is 6.48. The number of rotatable bonds is 6. The first-order chi connectivity index (χ1) is 12.6. The molecular weight excluding hydrogens is 330 g/mol. The fourth-order valence-electron chi connectivity index (χ4n) is 3.19. The van der Waals surface area contributed by atoms with Gasteiger partial charge < -0.3 is 4.74 Å². The van der Waals surface area contributed by atoms with Gasteiger partial charge >= 0.3 is 6.09 Å². The molecular formula is C21H21NO4. The molecule has 134 valence electrons. The lowest BCUT2D eigenvalue weighted by Gasteiger charge is -2.24. The Hall–Kier alpha value is -2.95. The van der Waals surface area contributed by atoms with Crippen molar-refractivity contribution in [2.24, 2.45) is 5.92 Å². The summed E-state index contributed by atoms with van der Waals surface area (Å²) in [6.45, 7) is 1.54. The minimum Gasteiger partial charge on any atom is -0.447 e. The number of carbonyl (C=O) groups is 3. The number of imide groups is 1. The van der Waals surface area contributed by atoms with Crippen LogP contribution in [-0.2, 0) is 27.2 Å². The maximum absolute atomic E-state index is 13.0. The van der Waals surface area contributed by atoms with Crippen molar-refractivity contribution < 1.29 is 19.1 Å². The first kappa shape index (κ1) is 17.9. The van der Waals surface area contributed by atoms with E-state index in [4.69, 9.17) is 4.74 Å². The molecule has 1 aliphatic rings. The van der Waals surface area contributed by atoms with Crippen LogP contribution < -0.4 is 0 Å². The molecule has 0 N–H and O–H groups in total. The van der Waals surface area contributed by atoms with Gasteiger partial charge in [0.2, 0.25) is 5.91 Å². The van der Waals surface area contributed by atoms with E-state index in [1.165, 1.54) is 6.92 Å². The quantitative estimate of drug-likeness (QED) is 0.751. The number of ketones is 1. The molecule has 2 atom stereocenters. The molecule has 5 heteroatoms. The molecule has 1 fully saturated rings. The van der Waals surface area contributed by atoms with Gasteiger partial charge in [-0.3, -0.25) is 9.59 Å². The molecule has 2 aromatic carbocycles. The predicted octanol–water partition coefficient (Wildman–Crippen LogP) is 3.02. The molecule has 0 radical (unpaired) electrons. The van der Waals surface area contributed by atoms with Crippen molar-refractivity contribution in [2.45, 2.75) is 25.8 Å². The normalized spacial score (nSPS) is 17.7. The van der Waals surface area contributed by atoms with Gasteiger partial charge in [0.25, 0.3) is 0 Å². The smallest absolute Gasteiger partial charge is 0.417 e. The lowest BCUT2D eigenvalue weighted by molar-refractivity contribution is -0.138. The number of carbonyl (C=O) groups excluding carboxylic acids is 3. The molecule has 0 spiro atoms. The van der Waals surface area contributed by atoms with E-state index in [0.29, 0.717) is 6.42 Å². The number of Topliss-reactive ketones (excluding diaryl/α,β-unsaturated/α-hetero) is 1. The number of hydrogen-bond acceptors (Lipinski definition) is 4. The summed E-state index contributed by atoms with van der Waals surface area (Å²) in [4.78, 5) is 38.4. The number of nitrogens with zero attached hydrogens (tertiary/aromatic N) is 1. The van der Waals surface area contributed by atoms with Gasteiger partial charge in [-0.15, -0.1) is 0 Å². The highest BCUT2D eigenvalue weighted by molar-refractivity contribution is 6.06. The fourth-order valence-corrected chi connectivity index (χ4v) is 3.19. The number of benzene rings is 2. The average molecular weight is 351 g/mol. The van der Waals surface area contributed by atoms with E-state index in [-0.39, 0.29) is 18.8 Å². The SMILES string of the molecule is CC(=O)[C@@H](Cc1ccccc1)C(=O)N1C(=O)OC[C@@H]1Cc1ccccc1. The van der Waals surface area contributed by atoms with Gasteiger partial charge in [-0.1, -0.05) is 60.7 Å². The molecule has 1 aliphatic heterocycles. The molecule has 5 nitrogen and oxygen atoms in total. The Bertz CT molecular complexity index is 788. The Kier molecular flexibility index (Phi) is 5.46. The van der Waals surface area contributed by atoms with Gasteiger partial charge in [0.1, 0.15) is 18.3 Å². The van der Waals surface area contributed by atoms with Crippen LogP contribution in [0.3, 0.4) is 0 Å². The van der Waals surface area contributed by atoms with E-state index in [1.54, 1.807) is 0 Å². The van der Waals surface area contributed by atoms with Crippen molar-refractivity contribution >= 4 is 17.8 Å². The molecule has 1 heterocycles. The zero-order valence-electron chi connectivity index (χ0n) is 14.6. The molecule has 0 saturated carbocycles. The van der Waals surface area contributed by atoms with Gasteiger partial charge in [0, 0.05) is 0 Å². The van der Waals surface area contributed by atoms with Crippen molar-refractivity contribution in [1.29, 1.82) is 0 Å². The highest BCUT2D eigenvalue weighted by Gasteiger charge is 2.42. The summed E-state index contributed by atoms with van der Waals surface area (Å²) in [5, 5.41) is 0. The highest BCUT2D eigenvalue weighted by Crippen LogP contribution is 2.22. The van der Waals surface area contributed by atoms with E-state index >= 15 is 0 Å². The summed E-state index contributed by atoms with van der Waals surface area (Å²) in [6.07, 6.45) is 0.112. The maximum Gasteiger partial charge on any atom is 0.417 e. The average Bonchev–Trinajstić information content (AvgIpc) is 3.01. The van der Waals surface area contributed by atoms with E-state index in [2.05, 4.69) is 0 Å². The largest absolute Gasteiger partial charge is 0.447 e. The summed E-state index contributed by atoms with van der Waals surface area (Å²) in [5.74, 6) is -1.62. The topological polar surface area (TPSA) is 63.7 Å². The predicted molar refractivity (Wildman–Crippen MR) is 96.4 cm³/mol. The Balaban J connectivity index is 1.79. The van der Waals surface area contributed by atoms with E-state index in [1.807, 2.05) is 60.7 Å². The lowest BCUT2D eigenvalue weighted by atomic mass is 9.93. The van der Waals surface area contributed by atoms with Crippen LogP contribution in [0.15, 0.2) is 60.7 Å². The number of ether oxygens (including phenoxy) is 1. The van der Waals surface area contributed by atoms with E-state index in [9.17, 15) is 14.4 Å². The zero-order valence-corrected chi connectivity index (χ0v) is 14.6. The maximum atomic E-state index is 13.0. The molecule has 26 heavy (non-hydrogen) atoms. The molecule has 0 bridgehead atoms. The van der Waals surface area contributed by atoms with Gasteiger partial charge in [-0.05, 0) is 30.9 Å². The van der Waals surface area contributed by atoms with Crippen LogP contribution in [0.1, 0.15) is 18.1 Å². The van der Waals surface area contributed by atoms with Crippen LogP contribution in [-0.4, -0.2) is 35.3 Å². The summed E-state index contributed by atoms with van der Waals surface area (Å²) in [5.41, 5.74) is 1.89. The fraction of sp³-hybridized carbons (Fsp3) is 0.286. The minimum absolute atomic E-state index is 0.148. The molecule has 2 aromatic rings. The van der Waals surface area contributed by atoms with Crippen LogP contribution in [0, 0.1) is 5.92 Å². The van der Waals surface area contributed by atoms with Crippen molar-refractivity contribution in [3.8, 4) is 0 Å². The van der Waals surface area contributed by atoms with Crippen molar-refractivity contribution in [1.82, 2.24) is 4.90 Å². The van der Waals surface area contributed by atoms with Gasteiger partial charge in [0.15, 0.2) is 0 Å². The minimum atomic E-state index is -0.888. The molecule has 0 aromatic heterocycles. The highest BCUT2D eigenvalue weighted by atomic mass is 16.6. The van der Waals surface area contributed by atoms with Gasteiger partial charge in [-0.25, -0.2) is 9.69 Å². The van der Waals surface area contributed by atoms with Gasteiger partial charge in [-0.2, -0.15) is 0 Å². The van der Waals surface area contributed by atoms with Crippen molar-refractivity contribution in [3.63, 3.8) is 0 Å². The van der Waals surface area contributed by atoms with E-state index in [0.717, 1.165) is 16.0 Å². The van der Waals surface area contributed by atoms with Crippen LogP contribution in [0.25, 0.3) is 0 Å².